The quantitative estimate of drug-likeness (QED) is 0.715. The number of benzene rings is 1. The van der Waals surface area contributed by atoms with Crippen molar-refractivity contribution in [1.29, 1.82) is 0 Å². The molecule has 23 heavy (non-hydrogen) atoms. The minimum atomic E-state index is -0.370. The number of hydrogen-bond acceptors (Lipinski definition) is 4. The molecule has 0 saturated heterocycles. The Morgan fingerprint density at radius 2 is 1.96 bits per heavy atom. The third-order valence-corrected chi connectivity index (χ3v) is 4.24. The van der Waals surface area contributed by atoms with Gasteiger partial charge in [-0.15, -0.1) is 12.6 Å². The lowest BCUT2D eigenvalue weighted by molar-refractivity contribution is -0.110. The number of para-hydroxylation sites is 1. The Balaban J connectivity index is 2.33. The first-order valence-electron chi connectivity index (χ1n) is 8.10. The predicted molar refractivity (Wildman–Crippen MR) is 100 cm³/mol. The van der Waals surface area contributed by atoms with Crippen LogP contribution in [0.3, 0.4) is 0 Å². The van der Waals surface area contributed by atoms with Gasteiger partial charge >= 0.3 is 0 Å². The molecule has 0 spiro atoms. The van der Waals surface area contributed by atoms with Crippen LogP contribution in [-0.2, 0) is 4.79 Å². The molecule has 0 unspecified atom stereocenters. The number of aryl methyl sites for hydroxylation is 2. The van der Waals surface area contributed by atoms with Crippen molar-refractivity contribution in [3.63, 3.8) is 0 Å². The molecule has 2 rings (SSSR count). The van der Waals surface area contributed by atoms with Crippen LogP contribution in [0.25, 0.3) is 0 Å². The predicted octanol–water partition coefficient (Wildman–Crippen LogP) is 3.96. The number of carbonyl (C=O) groups is 1. The molecule has 4 nitrogen and oxygen atoms in total. The summed E-state index contributed by atoms with van der Waals surface area (Å²) in [4.78, 5) is 17.2. The molecular weight excluding hydrogens is 306 g/mol. The zero-order valence-electron chi connectivity index (χ0n) is 14.2. The summed E-state index contributed by atoms with van der Waals surface area (Å²) in [6.45, 7) is 8.16. The number of aliphatic imine (C=N–C) groups is 1. The van der Waals surface area contributed by atoms with Gasteiger partial charge in [-0.1, -0.05) is 38.5 Å². The maximum atomic E-state index is 12.8. The SMILES string of the molecule is CCCC1=C(CC)C(C(=O)Nc2c(C)cccc2C)=N[C@H](S)N1. The molecule has 124 valence electrons. The lowest BCUT2D eigenvalue weighted by atomic mass is 10.00. The van der Waals surface area contributed by atoms with E-state index in [9.17, 15) is 4.79 Å². The van der Waals surface area contributed by atoms with Gasteiger partial charge in [-0.2, -0.15) is 0 Å². The molecule has 1 amide bonds. The molecule has 1 aliphatic heterocycles. The fourth-order valence-corrected chi connectivity index (χ4v) is 3.12. The van der Waals surface area contributed by atoms with Gasteiger partial charge in [0.1, 0.15) is 5.71 Å². The molecule has 0 saturated carbocycles. The van der Waals surface area contributed by atoms with Crippen molar-refractivity contribution in [2.45, 2.75) is 52.5 Å². The number of thiol groups is 1. The number of nitrogens with zero attached hydrogens (tertiary/aromatic N) is 1. The maximum Gasteiger partial charge on any atom is 0.274 e. The molecule has 1 atom stereocenters. The van der Waals surface area contributed by atoms with Crippen LogP contribution in [-0.4, -0.2) is 17.1 Å². The van der Waals surface area contributed by atoms with Gasteiger partial charge in [0.15, 0.2) is 5.50 Å². The Labute approximate surface area is 143 Å². The molecule has 1 heterocycles. The van der Waals surface area contributed by atoms with Crippen LogP contribution in [0.5, 0.6) is 0 Å². The molecular formula is C18H25N3OS. The second-order valence-electron chi connectivity index (χ2n) is 5.78. The van der Waals surface area contributed by atoms with Crippen LogP contribution in [0.1, 0.15) is 44.2 Å². The number of anilines is 1. The number of amides is 1. The van der Waals surface area contributed by atoms with Crippen molar-refractivity contribution in [2.75, 3.05) is 5.32 Å². The van der Waals surface area contributed by atoms with Crippen LogP contribution in [0.2, 0.25) is 0 Å². The highest BCUT2D eigenvalue weighted by atomic mass is 32.1. The average molecular weight is 331 g/mol. The highest BCUT2D eigenvalue weighted by Crippen LogP contribution is 2.24. The van der Waals surface area contributed by atoms with Crippen LogP contribution in [0.15, 0.2) is 34.5 Å². The van der Waals surface area contributed by atoms with Crippen molar-refractivity contribution >= 4 is 29.9 Å². The van der Waals surface area contributed by atoms with Gasteiger partial charge in [-0.25, -0.2) is 4.99 Å². The third kappa shape index (κ3) is 3.96. The van der Waals surface area contributed by atoms with Crippen molar-refractivity contribution in [3.8, 4) is 0 Å². The Hall–Kier alpha value is -1.75. The molecule has 1 aromatic carbocycles. The molecule has 1 aliphatic rings. The summed E-state index contributed by atoms with van der Waals surface area (Å²) in [7, 11) is 0. The smallest absolute Gasteiger partial charge is 0.274 e. The van der Waals surface area contributed by atoms with Crippen molar-refractivity contribution in [2.24, 2.45) is 4.99 Å². The van der Waals surface area contributed by atoms with Crippen molar-refractivity contribution < 1.29 is 4.79 Å². The summed E-state index contributed by atoms with van der Waals surface area (Å²) in [6.07, 6.45) is 2.68. The Kier molecular flexibility index (Phi) is 5.88. The van der Waals surface area contributed by atoms with E-state index >= 15 is 0 Å². The van der Waals surface area contributed by atoms with E-state index in [4.69, 9.17) is 0 Å². The lowest BCUT2D eigenvalue weighted by Crippen LogP contribution is -2.36. The highest BCUT2D eigenvalue weighted by Gasteiger charge is 2.25. The van der Waals surface area contributed by atoms with E-state index in [1.165, 1.54) is 0 Å². The van der Waals surface area contributed by atoms with E-state index in [-0.39, 0.29) is 11.4 Å². The summed E-state index contributed by atoms with van der Waals surface area (Å²) in [6, 6.07) is 5.98. The minimum Gasteiger partial charge on any atom is -0.359 e. The maximum absolute atomic E-state index is 12.8. The monoisotopic (exact) mass is 331 g/mol. The van der Waals surface area contributed by atoms with E-state index < -0.39 is 0 Å². The molecule has 0 fully saturated rings. The van der Waals surface area contributed by atoms with Crippen LogP contribution < -0.4 is 10.6 Å². The van der Waals surface area contributed by atoms with Crippen molar-refractivity contribution in [3.05, 3.63) is 40.6 Å². The zero-order chi connectivity index (χ0) is 17.0. The third-order valence-electron chi connectivity index (χ3n) is 3.99. The first kappa shape index (κ1) is 17.6. The van der Waals surface area contributed by atoms with Gasteiger partial charge < -0.3 is 10.6 Å². The minimum absolute atomic E-state index is 0.159. The summed E-state index contributed by atoms with van der Waals surface area (Å²) >= 11 is 4.40. The summed E-state index contributed by atoms with van der Waals surface area (Å²) < 4.78 is 0. The van der Waals surface area contributed by atoms with Gasteiger partial charge in [0.25, 0.3) is 5.91 Å². The molecule has 5 heteroatoms. The van der Waals surface area contributed by atoms with Gasteiger partial charge in [-0.05, 0) is 37.8 Å². The number of rotatable bonds is 5. The van der Waals surface area contributed by atoms with Gasteiger partial charge in [0.05, 0.1) is 0 Å². The topological polar surface area (TPSA) is 53.5 Å². The van der Waals surface area contributed by atoms with Gasteiger partial charge in [0.2, 0.25) is 0 Å². The standard InChI is InChI=1S/C18H25N3OS/c1-5-8-14-13(6-2)16(21-18(23)19-14)17(22)20-15-11(3)9-7-10-12(15)4/h7,9-10,18-19,23H,5-6,8H2,1-4H3,(H,20,22)/t18-/m1/s1. The molecule has 0 bridgehead atoms. The van der Waals surface area contributed by atoms with E-state index in [0.29, 0.717) is 5.71 Å². The Bertz CT molecular complexity index is 644. The van der Waals surface area contributed by atoms with Gasteiger partial charge in [0, 0.05) is 17.0 Å². The zero-order valence-corrected chi connectivity index (χ0v) is 15.1. The first-order valence-corrected chi connectivity index (χ1v) is 8.61. The van der Waals surface area contributed by atoms with E-state index in [1.807, 2.05) is 39.0 Å². The highest BCUT2D eigenvalue weighted by molar-refractivity contribution is 7.80. The second-order valence-corrected chi connectivity index (χ2v) is 6.27. The normalized spacial score (nSPS) is 17.6. The fourth-order valence-electron chi connectivity index (χ4n) is 2.85. The molecule has 2 N–H and O–H groups in total. The molecule has 0 aromatic heterocycles. The molecule has 0 radical (unpaired) electrons. The summed E-state index contributed by atoms with van der Waals surface area (Å²) in [5.74, 6) is -0.159. The largest absolute Gasteiger partial charge is 0.359 e. The average Bonchev–Trinajstić information content (AvgIpc) is 2.50. The summed E-state index contributed by atoms with van der Waals surface area (Å²) in [5.41, 5.74) is 5.15. The Morgan fingerprint density at radius 3 is 2.52 bits per heavy atom. The van der Waals surface area contributed by atoms with Crippen molar-refractivity contribution in [1.82, 2.24) is 5.32 Å². The first-order chi connectivity index (χ1) is 11.0. The summed E-state index contributed by atoms with van der Waals surface area (Å²) in [5, 5.41) is 6.30. The molecule has 0 aliphatic carbocycles. The lowest BCUT2D eigenvalue weighted by Gasteiger charge is -2.25. The number of carbonyl (C=O) groups excluding carboxylic acids is 1. The number of allylic oxidation sites excluding steroid dienone is 1. The van der Waals surface area contributed by atoms with E-state index in [0.717, 1.165) is 47.3 Å². The van der Waals surface area contributed by atoms with Crippen LogP contribution in [0, 0.1) is 13.8 Å². The second kappa shape index (κ2) is 7.68. The number of nitrogens with one attached hydrogen (secondary N) is 2. The Morgan fingerprint density at radius 1 is 1.30 bits per heavy atom. The van der Waals surface area contributed by atoms with E-state index in [1.54, 1.807) is 0 Å². The molecule has 1 aromatic rings. The van der Waals surface area contributed by atoms with E-state index in [2.05, 4.69) is 35.2 Å². The number of hydrogen-bond donors (Lipinski definition) is 3. The van der Waals surface area contributed by atoms with Crippen LogP contribution >= 0.6 is 12.6 Å². The fraction of sp³-hybridized carbons (Fsp3) is 0.444. The van der Waals surface area contributed by atoms with Crippen LogP contribution in [0.4, 0.5) is 5.69 Å². The van der Waals surface area contributed by atoms with Gasteiger partial charge in [-0.3, -0.25) is 4.79 Å².